The number of H-pyrrole nitrogens is 1. The number of alkyl halides is 3. The van der Waals surface area contributed by atoms with Crippen LogP contribution in [0, 0.1) is 0 Å². The standard InChI is InChI=1S/C19H15F3N2O3/c20-19(21,22)11-24-18(26)17(25)13-9-23-14-7-4-8-15(16(13)14)27-10-12-5-2-1-3-6-12/h1-9,23H,10-11H2,(H,24,26). The van der Waals surface area contributed by atoms with Crippen molar-refractivity contribution >= 4 is 22.6 Å². The third kappa shape index (κ3) is 4.46. The lowest BCUT2D eigenvalue weighted by Crippen LogP contribution is -2.37. The largest absolute Gasteiger partial charge is 0.488 e. The highest BCUT2D eigenvalue weighted by Gasteiger charge is 2.30. The van der Waals surface area contributed by atoms with Gasteiger partial charge in [0.1, 0.15) is 18.9 Å². The fourth-order valence-corrected chi connectivity index (χ4v) is 2.57. The van der Waals surface area contributed by atoms with Gasteiger partial charge >= 0.3 is 6.18 Å². The summed E-state index contributed by atoms with van der Waals surface area (Å²) in [6.45, 7) is -1.34. The van der Waals surface area contributed by atoms with Gasteiger partial charge in [0.25, 0.3) is 11.7 Å². The summed E-state index contributed by atoms with van der Waals surface area (Å²) >= 11 is 0. The molecule has 0 spiro atoms. The molecule has 140 valence electrons. The highest BCUT2D eigenvalue weighted by molar-refractivity contribution is 6.45. The van der Waals surface area contributed by atoms with Crippen LogP contribution in [-0.2, 0) is 11.4 Å². The topological polar surface area (TPSA) is 71.2 Å². The average Bonchev–Trinajstić information content (AvgIpc) is 3.08. The van der Waals surface area contributed by atoms with Gasteiger partial charge in [-0.1, -0.05) is 36.4 Å². The molecule has 0 aliphatic carbocycles. The van der Waals surface area contributed by atoms with Crippen molar-refractivity contribution < 1.29 is 27.5 Å². The monoisotopic (exact) mass is 376 g/mol. The third-order valence-electron chi connectivity index (χ3n) is 3.80. The number of amides is 1. The minimum Gasteiger partial charge on any atom is -0.488 e. The zero-order chi connectivity index (χ0) is 19.4. The molecule has 0 aliphatic rings. The normalized spacial score (nSPS) is 11.4. The molecule has 1 aromatic heterocycles. The Morgan fingerprint density at radius 3 is 2.48 bits per heavy atom. The van der Waals surface area contributed by atoms with Gasteiger partial charge in [0.05, 0.1) is 10.9 Å². The number of halogens is 3. The molecule has 0 bridgehead atoms. The molecule has 27 heavy (non-hydrogen) atoms. The summed E-state index contributed by atoms with van der Waals surface area (Å²) in [5.74, 6) is -2.04. The lowest BCUT2D eigenvalue weighted by molar-refractivity contribution is -0.135. The number of carbonyl (C=O) groups is 2. The SMILES string of the molecule is O=C(NCC(F)(F)F)C(=O)c1c[nH]c2cccc(OCc3ccccc3)c12. The molecule has 2 aromatic carbocycles. The van der Waals surface area contributed by atoms with Crippen LogP contribution < -0.4 is 10.1 Å². The van der Waals surface area contributed by atoms with Gasteiger partial charge in [0.15, 0.2) is 0 Å². The minimum atomic E-state index is -4.60. The summed E-state index contributed by atoms with van der Waals surface area (Å²) in [6.07, 6.45) is -3.31. The number of ketones is 1. The third-order valence-corrected chi connectivity index (χ3v) is 3.80. The smallest absolute Gasteiger partial charge is 0.405 e. The number of fused-ring (bicyclic) bond motifs is 1. The predicted molar refractivity (Wildman–Crippen MR) is 92.5 cm³/mol. The molecule has 0 radical (unpaired) electrons. The van der Waals surface area contributed by atoms with Gasteiger partial charge in [-0.25, -0.2) is 0 Å². The van der Waals surface area contributed by atoms with Gasteiger partial charge < -0.3 is 15.0 Å². The van der Waals surface area contributed by atoms with Crippen LogP contribution in [0.2, 0.25) is 0 Å². The lowest BCUT2D eigenvalue weighted by atomic mass is 10.1. The first-order chi connectivity index (χ1) is 12.8. The Morgan fingerprint density at radius 1 is 1.04 bits per heavy atom. The molecular formula is C19H15F3N2O3. The summed E-state index contributed by atoms with van der Waals surface area (Å²) in [5, 5.41) is 1.93. The summed E-state index contributed by atoms with van der Waals surface area (Å²) < 4.78 is 42.5. The summed E-state index contributed by atoms with van der Waals surface area (Å²) in [4.78, 5) is 26.9. The number of aromatic amines is 1. The van der Waals surface area contributed by atoms with Crippen molar-refractivity contribution in [3.05, 3.63) is 65.9 Å². The highest BCUT2D eigenvalue weighted by Crippen LogP contribution is 2.30. The summed E-state index contributed by atoms with van der Waals surface area (Å²) in [6, 6.07) is 14.3. The van der Waals surface area contributed by atoms with E-state index in [0.29, 0.717) is 16.7 Å². The molecular weight excluding hydrogens is 361 g/mol. The van der Waals surface area contributed by atoms with E-state index in [1.165, 1.54) is 6.20 Å². The number of nitrogens with one attached hydrogen (secondary N) is 2. The Morgan fingerprint density at radius 2 is 1.78 bits per heavy atom. The van der Waals surface area contributed by atoms with E-state index in [-0.39, 0.29) is 12.2 Å². The molecule has 0 aliphatic heterocycles. The fraction of sp³-hybridized carbons (Fsp3) is 0.158. The Kier molecular flexibility index (Phi) is 5.16. The van der Waals surface area contributed by atoms with Gasteiger partial charge in [-0.2, -0.15) is 13.2 Å². The number of Topliss-reactive ketones (excluding diaryl/α,β-unsaturated/α-hetero) is 1. The van der Waals surface area contributed by atoms with E-state index in [4.69, 9.17) is 4.74 Å². The molecule has 2 N–H and O–H groups in total. The van der Waals surface area contributed by atoms with Crippen LogP contribution in [0.4, 0.5) is 13.2 Å². The molecule has 0 saturated heterocycles. The maximum Gasteiger partial charge on any atom is 0.405 e. The fourth-order valence-electron chi connectivity index (χ4n) is 2.57. The molecule has 5 nitrogen and oxygen atoms in total. The molecule has 0 fully saturated rings. The van der Waals surface area contributed by atoms with Crippen molar-refractivity contribution in [1.29, 1.82) is 0 Å². The Labute approximate surface area is 152 Å². The number of ether oxygens (including phenoxy) is 1. The number of hydrogen-bond acceptors (Lipinski definition) is 3. The van der Waals surface area contributed by atoms with E-state index in [2.05, 4.69) is 4.98 Å². The van der Waals surface area contributed by atoms with Crippen LogP contribution in [0.3, 0.4) is 0 Å². The molecule has 0 atom stereocenters. The minimum absolute atomic E-state index is 0.0478. The quantitative estimate of drug-likeness (QED) is 0.510. The van der Waals surface area contributed by atoms with Crippen LogP contribution in [0.5, 0.6) is 5.75 Å². The van der Waals surface area contributed by atoms with Crippen molar-refractivity contribution in [3.8, 4) is 5.75 Å². The van der Waals surface area contributed by atoms with Gasteiger partial charge in [0.2, 0.25) is 0 Å². The number of benzene rings is 2. The van der Waals surface area contributed by atoms with Crippen molar-refractivity contribution in [1.82, 2.24) is 10.3 Å². The van der Waals surface area contributed by atoms with Crippen molar-refractivity contribution in [2.24, 2.45) is 0 Å². The zero-order valence-corrected chi connectivity index (χ0v) is 14.0. The van der Waals surface area contributed by atoms with Gasteiger partial charge in [0, 0.05) is 11.7 Å². The van der Waals surface area contributed by atoms with E-state index < -0.39 is 24.4 Å². The van der Waals surface area contributed by atoms with Crippen LogP contribution in [0.25, 0.3) is 10.9 Å². The number of hydrogen-bond donors (Lipinski definition) is 2. The second-order valence-electron chi connectivity index (χ2n) is 5.78. The maximum atomic E-state index is 12.3. The first kappa shape index (κ1) is 18.5. The molecule has 8 heteroatoms. The van der Waals surface area contributed by atoms with Gasteiger partial charge in [-0.05, 0) is 17.7 Å². The zero-order valence-electron chi connectivity index (χ0n) is 14.0. The van der Waals surface area contributed by atoms with Crippen LogP contribution in [0.1, 0.15) is 15.9 Å². The first-order valence-corrected chi connectivity index (χ1v) is 8.01. The Balaban J connectivity index is 1.84. The number of carbonyl (C=O) groups excluding carboxylic acids is 2. The summed E-state index contributed by atoms with van der Waals surface area (Å²) in [7, 11) is 0. The molecule has 3 aromatic rings. The maximum absolute atomic E-state index is 12.3. The number of aromatic nitrogens is 1. The molecule has 0 saturated carbocycles. The van der Waals surface area contributed by atoms with Crippen molar-refractivity contribution in [2.45, 2.75) is 12.8 Å². The highest BCUT2D eigenvalue weighted by atomic mass is 19.4. The van der Waals surface area contributed by atoms with Crippen LogP contribution in [0.15, 0.2) is 54.7 Å². The summed E-state index contributed by atoms with van der Waals surface area (Å²) in [5.41, 5.74) is 1.39. The van der Waals surface area contributed by atoms with Crippen LogP contribution in [-0.4, -0.2) is 29.4 Å². The lowest BCUT2D eigenvalue weighted by Gasteiger charge is -2.10. The average molecular weight is 376 g/mol. The van der Waals surface area contributed by atoms with E-state index in [1.54, 1.807) is 23.5 Å². The predicted octanol–water partition coefficient (Wildman–Crippen LogP) is 3.61. The van der Waals surface area contributed by atoms with E-state index >= 15 is 0 Å². The van der Waals surface area contributed by atoms with Crippen molar-refractivity contribution in [3.63, 3.8) is 0 Å². The Bertz CT molecular complexity index is 965. The van der Waals surface area contributed by atoms with E-state index in [0.717, 1.165) is 5.56 Å². The first-order valence-electron chi connectivity index (χ1n) is 8.01. The van der Waals surface area contributed by atoms with Gasteiger partial charge in [-0.15, -0.1) is 0 Å². The van der Waals surface area contributed by atoms with Crippen molar-refractivity contribution in [2.75, 3.05) is 6.54 Å². The second-order valence-corrected chi connectivity index (χ2v) is 5.78. The van der Waals surface area contributed by atoms with E-state index in [1.807, 2.05) is 30.3 Å². The second kappa shape index (κ2) is 7.53. The molecule has 1 amide bonds. The Hall–Kier alpha value is -3.29. The molecule has 0 unspecified atom stereocenters. The number of rotatable bonds is 6. The van der Waals surface area contributed by atoms with E-state index in [9.17, 15) is 22.8 Å². The van der Waals surface area contributed by atoms with Gasteiger partial charge in [-0.3, -0.25) is 9.59 Å². The molecule has 3 rings (SSSR count). The molecule has 1 heterocycles. The van der Waals surface area contributed by atoms with Crippen LogP contribution >= 0.6 is 0 Å².